The maximum absolute atomic E-state index is 9.99. The van der Waals surface area contributed by atoms with Gasteiger partial charge < -0.3 is 4.90 Å². The first-order chi connectivity index (χ1) is 42.9. The van der Waals surface area contributed by atoms with E-state index in [1.54, 1.807) is 0 Å². The average Bonchev–Trinajstić information content (AvgIpc) is 0.891. The van der Waals surface area contributed by atoms with E-state index in [0.717, 1.165) is 0 Å². The Kier molecular flexibility index (Phi) is 2.31. The lowest BCUT2D eigenvalue weighted by Gasteiger charge is -2.38. The summed E-state index contributed by atoms with van der Waals surface area (Å²) in [6.07, 6.45) is 0. The van der Waals surface area contributed by atoms with Gasteiger partial charge in [0.1, 0.15) is 0 Å². The minimum Gasteiger partial charge on any atom is -0.310 e. The summed E-state index contributed by atoms with van der Waals surface area (Å²) < 4.78 is 376. The SMILES string of the molecule is [2H]c1c([2H])c([2H])c(-c2c([2H])c([2H])c([2H])c3c2C(C([2H])([2H])[2H])(C([2H])([2H])[2H])c2c([2H])c([2H])c([2H])c4c([2H])c([2H])c(-c5c([2H])c([2H])c(N(c6c([2H])c([2H])c([2H])c([2H])c6[2H])c6c([2H])c([2H])c7c(c6[2H])C(C([2H])([2H])[2H])(C([2H])([2H])[2H])c6c([2H])c([2H])c([2H])c([2H])c6-7)c([2H])c5[2H])c-3c24)c([2H])c1[2H]. The van der Waals surface area contributed by atoms with Gasteiger partial charge in [-0.2, -0.15) is 0 Å². The molecule has 8 aromatic carbocycles. The van der Waals surface area contributed by atoms with Gasteiger partial charge in [0.15, 0.2) is 0 Å². The Morgan fingerprint density at radius 3 is 1.79 bits per heavy atom. The van der Waals surface area contributed by atoms with Gasteiger partial charge in [0, 0.05) is 44.3 Å². The second-order valence-electron chi connectivity index (χ2n) is 11.8. The van der Waals surface area contributed by atoms with E-state index in [2.05, 4.69) is 0 Å². The van der Waals surface area contributed by atoms with Gasteiger partial charge in [0.25, 0.3) is 0 Å². The lowest BCUT2D eigenvalue weighted by atomic mass is 9.65. The molecule has 53 heavy (non-hydrogen) atoms. The minimum atomic E-state index is -4.24. The third kappa shape index (κ3) is 4.70. The number of nitrogens with zero attached hydrogens (tertiary/aromatic N) is 1. The summed E-state index contributed by atoms with van der Waals surface area (Å²) in [7, 11) is 0. The summed E-state index contributed by atoms with van der Waals surface area (Å²) in [6.45, 7) is -16.6. The zero-order valence-corrected chi connectivity index (χ0v) is 26.4. The van der Waals surface area contributed by atoms with E-state index in [0.29, 0.717) is 0 Å². The lowest BCUT2D eigenvalue weighted by molar-refractivity contribution is 0.647. The maximum Gasteiger partial charge on any atom is 0.0648 e. The van der Waals surface area contributed by atoms with E-state index in [9.17, 15) is 28.8 Å². The zero-order valence-electron chi connectivity index (χ0n) is 67.4. The average molecular weight is 721 g/mol. The van der Waals surface area contributed by atoms with Crippen LogP contribution in [0.1, 0.15) is 106 Å². The van der Waals surface area contributed by atoms with Crippen LogP contribution in [0.4, 0.5) is 17.1 Å². The van der Waals surface area contributed by atoms with Crippen LogP contribution in [0.2, 0.25) is 0 Å². The molecule has 2 aliphatic rings. The number of para-hydroxylation sites is 1. The molecule has 0 aliphatic heterocycles. The number of benzene rings is 8. The Bertz CT molecular complexity index is 4720. The van der Waals surface area contributed by atoms with Crippen LogP contribution in [0.25, 0.3) is 55.3 Å². The molecule has 1 nitrogen and oxygen atoms in total. The van der Waals surface area contributed by atoms with Crippen LogP contribution in [-0.2, 0) is 10.8 Å². The van der Waals surface area contributed by atoms with Crippen molar-refractivity contribution in [1.82, 2.24) is 0 Å². The summed E-state index contributed by atoms with van der Waals surface area (Å²) in [5.41, 5.74) is -27.1. The van der Waals surface area contributed by atoms with Crippen molar-refractivity contribution >= 4 is 27.8 Å². The van der Waals surface area contributed by atoms with Crippen molar-refractivity contribution in [3.05, 3.63) is 197 Å². The molecule has 254 valence electrons. The molecule has 0 bridgehead atoms. The number of hydrogen-bond donors (Lipinski definition) is 0. The standard InChI is InChI=1S/C52H41N/c1-51(2)45-23-12-11-20-42(45)43-32-30-39(33-47(43)51)53(37-18-9-6-10-19-37)38-28-25-35(26-29-38)40-31-27-36-17-13-24-46-48(36)49(40)44-22-14-21-41(50(44)52(46,3)4)34-15-7-5-8-16-34/h5-33H,1-4H3/i1D3,2D3,3D3,4D3,5D,6D,7D,8D,9D,10D,11D,12D,13D,14D,15D,16D,17D,18D,19D,20D,21D,22D,23D,24D,25D,26D,27D,28D,29D,30D,31D,32D,33D. The predicted octanol–water partition coefficient (Wildman–Crippen LogP) is 14.3. The molecule has 0 atom stereocenters. The highest BCUT2D eigenvalue weighted by molar-refractivity contribution is 6.10. The van der Waals surface area contributed by atoms with E-state index in [4.69, 9.17) is 27.4 Å². The molecule has 0 saturated heterocycles. The molecule has 10 rings (SSSR count). The molecule has 0 radical (unpaired) electrons. The second kappa shape index (κ2) is 11.7. The molecule has 0 unspecified atom stereocenters. The first kappa shape index (κ1) is 10.5. The highest BCUT2D eigenvalue weighted by Gasteiger charge is 2.37. The van der Waals surface area contributed by atoms with Crippen molar-refractivity contribution < 1.29 is 56.2 Å². The second-order valence-corrected chi connectivity index (χ2v) is 11.8. The van der Waals surface area contributed by atoms with Crippen LogP contribution in [0, 0.1) is 0 Å². The van der Waals surface area contributed by atoms with Crippen molar-refractivity contribution in [3.63, 3.8) is 0 Å². The van der Waals surface area contributed by atoms with Gasteiger partial charge in [-0.1, -0.05) is 166 Å². The van der Waals surface area contributed by atoms with Gasteiger partial charge in [-0.15, -0.1) is 0 Å². The van der Waals surface area contributed by atoms with Gasteiger partial charge in [-0.3, -0.25) is 0 Å². The molecule has 0 N–H and O–H groups in total. The van der Waals surface area contributed by atoms with Crippen LogP contribution in [0.15, 0.2) is 175 Å². The van der Waals surface area contributed by atoms with Gasteiger partial charge in [-0.25, -0.2) is 0 Å². The highest BCUT2D eigenvalue weighted by atomic mass is 15.1. The molecule has 0 fully saturated rings. The molecular weight excluding hydrogens is 639 g/mol. The molecule has 0 amide bonds. The normalized spacial score (nSPS) is 26.3. The molecule has 0 saturated carbocycles. The van der Waals surface area contributed by atoms with Crippen LogP contribution in [-0.4, -0.2) is 0 Å². The van der Waals surface area contributed by atoms with Crippen molar-refractivity contribution in [2.24, 2.45) is 0 Å². The topological polar surface area (TPSA) is 3.24 Å². The monoisotopic (exact) mass is 721 g/mol. The first-order valence-corrected chi connectivity index (χ1v) is 15.4. The largest absolute Gasteiger partial charge is 0.310 e. The van der Waals surface area contributed by atoms with Crippen LogP contribution in [0.3, 0.4) is 0 Å². The van der Waals surface area contributed by atoms with Gasteiger partial charge in [0.05, 0.1) is 39.8 Å². The summed E-state index contributed by atoms with van der Waals surface area (Å²) in [5.74, 6) is 0. The molecule has 0 aromatic heterocycles. The van der Waals surface area contributed by atoms with Crippen molar-refractivity contribution in [3.8, 4) is 44.5 Å². The van der Waals surface area contributed by atoms with Crippen LogP contribution < -0.4 is 4.90 Å². The first-order valence-electron chi connectivity index (χ1n) is 35.9. The van der Waals surface area contributed by atoms with E-state index in [1.165, 1.54) is 0 Å². The fourth-order valence-electron chi connectivity index (χ4n) is 6.55. The van der Waals surface area contributed by atoms with Crippen molar-refractivity contribution in [1.29, 1.82) is 0 Å². The molecule has 0 heterocycles. The van der Waals surface area contributed by atoms with E-state index in [1.807, 2.05) is 0 Å². The van der Waals surface area contributed by atoms with Crippen LogP contribution in [0.5, 0.6) is 0 Å². The summed E-state index contributed by atoms with van der Waals surface area (Å²) in [5, 5.41) is -2.17. The van der Waals surface area contributed by atoms with Crippen LogP contribution >= 0.6 is 0 Å². The summed E-state index contributed by atoms with van der Waals surface area (Å²) in [6, 6.07) is -39.0. The van der Waals surface area contributed by atoms with E-state index in [-0.39, 0.29) is 4.90 Å². The number of hydrogen-bond acceptors (Lipinski definition) is 1. The fraction of sp³-hybridized carbons (Fsp3) is 0.115. The van der Waals surface area contributed by atoms with Crippen molar-refractivity contribution in [2.75, 3.05) is 4.90 Å². The Morgan fingerprint density at radius 1 is 0.415 bits per heavy atom. The fourth-order valence-corrected chi connectivity index (χ4v) is 6.55. The Hall–Kier alpha value is -6.18. The smallest absolute Gasteiger partial charge is 0.0648 e. The quantitative estimate of drug-likeness (QED) is 0.171. The Balaban J connectivity index is 1.49. The number of anilines is 3. The zero-order chi connectivity index (χ0) is 71.1. The Morgan fingerprint density at radius 2 is 1.00 bits per heavy atom. The molecule has 2 aliphatic carbocycles. The molecule has 1 heteroatoms. The highest BCUT2D eigenvalue weighted by Crippen LogP contribution is 2.55. The number of rotatable bonds is 5. The third-order valence-corrected chi connectivity index (χ3v) is 8.82. The maximum atomic E-state index is 9.99. The third-order valence-electron chi connectivity index (χ3n) is 8.82. The Labute approximate surface area is 370 Å². The minimum absolute atomic E-state index is 0.0802. The molecule has 0 spiro atoms. The van der Waals surface area contributed by atoms with Gasteiger partial charge >= 0.3 is 0 Å². The molecule has 8 aromatic rings. The molecular formula is C52H41N. The van der Waals surface area contributed by atoms with Gasteiger partial charge in [0.2, 0.25) is 0 Å². The van der Waals surface area contributed by atoms with E-state index < -0.39 is 308 Å². The lowest BCUT2D eigenvalue weighted by Crippen LogP contribution is -2.25. The van der Waals surface area contributed by atoms with Crippen molar-refractivity contribution in [2.45, 2.75) is 38.2 Å². The number of fused-ring (bicyclic) bond motifs is 5. The summed E-state index contributed by atoms with van der Waals surface area (Å²) in [4.78, 5) is 0.0802. The van der Waals surface area contributed by atoms with E-state index >= 15 is 0 Å². The summed E-state index contributed by atoms with van der Waals surface area (Å²) >= 11 is 0. The van der Waals surface area contributed by atoms with Gasteiger partial charge in [-0.05, 0) is 114 Å². The predicted molar refractivity (Wildman–Crippen MR) is 225 cm³/mol.